The first-order valence-electron chi connectivity index (χ1n) is 8.93. The van der Waals surface area contributed by atoms with Crippen molar-refractivity contribution in [3.63, 3.8) is 0 Å². The highest BCUT2D eigenvalue weighted by Crippen LogP contribution is 2.25. The summed E-state index contributed by atoms with van der Waals surface area (Å²) in [4.78, 5) is 14.1. The lowest BCUT2D eigenvalue weighted by Gasteiger charge is -2.22. The molecule has 2 aliphatic rings. The van der Waals surface area contributed by atoms with Gasteiger partial charge in [-0.25, -0.2) is 8.42 Å². The molecule has 5 nitrogen and oxygen atoms in total. The highest BCUT2D eigenvalue weighted by Gasteiger charge is 2.27. The SMILES string of the molecule is O=C(Cc1ccc(NS(=O)(=O)C2CCCCC2)cc1)N1CCCC1. The molecule has 0 spiro atoms. The number of hydrogen-bond donors (Lipinski definition) is 1. The second-order valence-electron chi connectivity index (χ2n) is 6.87. The van der Waals surface area contributed by atoms with Gasteiger partial charge in [-0.2, -0.15) is 0 Å². The van der Waals surface area contributed by atoms with Crippen LogP contribution in [-0.2, 0) is 21.2 Å². The minimum Gasteiger partial charge on any atom is -0.342 e. The smallest absolute Gasteiger partial charge is 0.235 e. The van der Waals surface area contributed by atoms with Crippen molar-refractivity contribution in [3.8, 4) is 0 Å². The largest absolute Gasteiger partial charge is 0.342 e. The Kier molecular flexibility index (Phi) is 5.43. The maximum Gasteiger partial charge on any atom is 0.235 e. The fourth-order valence-electron chi connectivity index (χ4n) is 3.57. The summed E-state index contributed by atoms with van der Waals surface area (Å²) in [6.45, 7) is 1.72. The minimum absolute atomic E-state index is 0.156. The summed E-state index contributed by atoms with van der Waals surface area (Å²) in [7, 11) is -3.31. The van der Waals surface area contributed by atoms with Gasteiger partial charge in [0, 0.05) is 18.8 Å². The first-order valence-corrected chi connectivity index (χ1v) is 10.5. The number of rotatable bonds is 5. The summed E-state index contributed by atoms with van der Waals surface area (Å²) >= 11 is 0. The zero-order valence-corrected chi connectivity index (χ0v) is 14.9. The van der Waals surface area contributed by atoms with E-state index >= 15 is 0 Å². The molecule has 132 valence electrons. The molecule has 0 atom stereocenters. The van der Waals surface area contributed by atoms with Crippen LogP contribution in [0.15, 0.2) is 24.3 Å². The average molecular weight is 350 g/mol. The third kappa shape index (κ3) is 4.29. The number of likely N-dealkylation sites (tertiary alicyclic amines) is 1. The molecule has 0 radical (unpaired) electrons. The Hall–Kier alpha value is -1.56. The molecule has 2 fully saturated rings. The van der Waals surface area contributed by atoms with E-state index in [1.165, 1.54) is 0 Å². The highest BCUT2D eigenvalue weighted by atomic mass is 32.2. The molecule has 1 aliphatic heterocycles. The number of amides is 1. The van der Waals surface area contributed by atoms with Crippen molar-refractivity contribution in [2.45, 2.75) is 56.6 Å². The zero-order chi connectivity index (χ0) is 17.0. The number of carbonyl (C=O) groups is 1. The van der Waals surface area contributed by atoms with E-state index in [0.717, 1.165) is 63.6 Å². The van der Waals surface area contributed by atoms with Crippen LogP contribution in [0.4, 0.5) is 5.69 Å². The molecule has 1 saturated heterocycles. The van der Waals surface area contributed by atoms with Crippen LogP contribution in [-0.4, -0.2) is 37.6 Å². The van der Waals surface area contributed by atoms with Crippen molar-refractivity contribution in [1.29, 1.82) is 0 Å². The number of benzene rings is 1. The van der Waals surface area contributed by atoms with E-state index in [4.69, 9.17) is 0 Å². The zero-order valence-electron chi connectivity index (χ0n) is 14.0. The van der Waals surface area contributed by atoms with Crippen LogP contribution in [0, 0.1) is 0 Å². The molecule has 1 aromatic carbocycles. The number of anilines is 1. The normalized spacial score (nSPS) is 19.4. The molecular formula is C18H26N2O3S. The Morgan fingerprint density at radius 3 is 2.25 bits per heavy atom. The summed E-state index contributed by atoms with van der Waals surface area (Å²) in [5.41, 5.74) is 1.51. The highest BCUT2D eigenvalue weighted by molar-refractivity contribution is 7.93. The van der Waals surface area contributed by atoms with Crippen LogP contribution in [0.3, 0.4) is 0 Å². The van der Waals surface area contributed by atoms with Crippen LogP contribution in [0.5, 0.6) is 0 Å². The lowest BCUT2D eigenvalue weighted by atomic mass is 10.0. The maximum atomic E-state index is 12.4. The second kappa shape index (κ2) is 7.55. The first kappa shape index (κ1) is 17.3. The third-order valence-electron chi connectivity index (χ3n) is 5.02. The molecular weight excluding hydrogens is 324 g/mol. The second-order valence-corrected chi connectivity index (χ2v) is 8.83. The number of nitrogens with zero attached hydrogens (tertiary/aromatic N) is 1. The van der Waals surface area contributed by atoms with Gasteiger partial charge in [0.1, 0.15) is 0 Å². The third-order valence-corrected chi connectivity index (χ3v) is 6.89. The van der Waals surface area contributed by atoms with Gasteiger partial charge >= 0.3 is 0 Å². The van der Waals surface area contributed by atoms with Gasteiger partial charge in [-0.15, -0.1) is 0 Å². The Morgan fingerprint density at radius 1 is 1.00 bits per heavy atom. The van der Waals surface area contributed by atoms with E-state index in [2.05, 4.69) is 4.72 Å². The van der Waals surface area contributed by atoms with E-state index in [0.29, 0.717) is 12.1 Å². The van der Waals surface area contributed by atoms with Crippen LogP contribution in [0.25, 0.3) is 0 Å². The van der Waals surface area contributed by atoms with Gasteiger partial charge in [-0.1, -0.05) is 31.4 Å². The van der Waals surface area contributed by atoms with Crippen LogP contribution >= 0.6 is 0 Å². The minimum atomic E-state index is -3.31. The standard InChI is InChI=1S/C18H26N2O3S/c21-18(20-12-4-5-13-20)14-15-8-10-16(11-9-15)19-24(22,23)17-6-2-1-3-7-17/h8-11,17,19H,1-7,12-14H2. The van der Waals surface area contributed by atoms with Crippen LogP contribution < -0.4 is 4.72 Å². The molecule has 24 heavy (non-hydrogen) atoms. The monoisotopic (exact) mass is 350 g/mol. The first-order chi connectivity index (χ1) is 11.5. The molecule has 0 aromatic heterocycles. The number of carbonyl (C=O) groups excluding carboxylic acids is 1. The Balaban J connectivity index is 1.58. The van der Waals surface area contributed by atoms with E-state index in [1.54, 1.807) is 12.1 Å². The fraction of sp³-hybridized carbons (Fsp3) is 0.611. The molecule has 1 N–H and O–H groups in total. The van der Waals surface area contributed by atoms with Crippen LogP contribution in [0.2, 0.25) is 0 Å². The average Bonchev–Trinajstić information content (AvgIpc) is 3.12. The number of hydrogen-bond acceptors (Lipinski definition) is 3. The molecule has 1 amide bonds. The van der Waals surface area contributed by atoms with Gasteiger partial charge in [0.15, 0.2) is 0 Å². The summed E-state index contributed by atoms with van der Waals surface area (Å²) in [5, 5.41) is -0.275. The molecule has 0 unspecified atom stereocenters. The Bertz CT molecular complexity index is 658. The predicted octanol–water partition coefficient (Wildman–Crippen LogP) is 2.93. The van der Waals surface area contributed by atoms with Crippen LogP contribution in [0.1, 0.15) is 50.5 Å². The van der Waals surface area contributed by atoms with Gasteiger partial charge in [0.25, 0.3) is 0 Å². The summed E-state index contributed by atoms with van der Waals surface area (Å²) in [6.07, 6.45) is 7.17. The van der Waals surface area contributed by atoms with E-state index in [9.17, 15) is 13.2 Å². The van der Waals surface area contributed by atoms with Gasteiger partial charge in [0.05, 0.1) is 11.7 Å². The molecule has 1 heterocycles. The Labute approximate surface area is 144 Å². The quantitative estimate of drug-likeness (QED) is 0.888. The van der Waals surface area contributed by atoms with Gasteiger partial charge < -0.3 is 4.90 Å². The van der Waals surface area contributed by atoms with Crippen molar-refractivity contribution in [1.82, 2.24) is 4.90 Å². The predicted molar refractivity (Wildman–Crippen MR) is 95.4 cm³/mol. The number of nitrogens with one attached hydrogen (secondary N) is 1. The van der Waals surface area contributed by atoms with Gasteiger partial charge in [0.2, 0.25) is 15.9 Å². The molecule has 1 aromatic rings. The van der Waals surface area contributed by atoms with E-state index in [1.807, 2.05) is 17.0 Å². The molecule has 3 rings (SSSR count). The molecule has 1 saturated carbocycles. The lowest BCUT2D eigenvalue weighted by molar-refractivity contribution is -0.129. The fourth-order valence-corrected chi connectivity index (χ4v) is 5.15. The summed E-state index contributed by atoms with van der Waals surface area (Å²) in [5.74, 6) is 0.156. The van der Waals surface area contributed by atoms with Crippen molar-refractivity contribution in [2.75, 3.05) is 17.8 Å². The summed E-state index contributed by atoms with van der Waals surface area (Å²) in [6, 6.07) is 7.19. The van der Waals surface area contributed by atoms with E-state index < -0.39 is 10.0 Å². The number of sulfonamides is 1. The molecule has 1 aliphatic carbocycles. The topological polar surface area (TPSA) is 66.5 Å². The van der Waals surface area contributed by atoms with Crippen molar-refractivity contribution in [3.05, 3.63) is 29.8 Å². The maximum absolute atomic E-state index is 12.4. The van der Waals surface area contributed by atoms with Crippen molar-refractivity contribution in [2.24, 2.45) is 0 Å². The molecule has 0 bridgehead atoms. The lowest BCUT2D eigenvalue weighted by Crippen LogP contribution is -2.30. The van der Waals surface area contributed by atoms with Crippen molar-refractivity contribution < 1.29 is 13.2 Å². The van der Waals surface area contributed by atoms with Gasteiger partial charge in [-0.05, 0) is 43.4 Å². The van der Waals surface area contributed by atoms with Gasteiger partial charge in [-0.3, -0.25) is 9.52 Å². The van der Waals surface area contributed by atoms with E-state index in [-0.39, 0.29) is 11.2 Å². The molecule has 6 heteroatoms. The van der Waals surface area contributed by atoms with Crippen molar-refractivity contribution >= 4 is 21.6 Å². The summed E-state index contributed by atoms with van der Waals surface area (Å²) < 4.78 is 27.5. The Morgan fingerprint density at radius 2 is 1.62 bits per heavy atom.